The largest absolute Gasteiger partial charge is 0.480 e. The SMILES string of the molecule is O=CCC(C(=O)O)N1CCN(C(=O)CCl)N(C(=O)CCl)CC1. The number of halogens is 2. The van der Waals surface area contributed by atoms with E-state index in [9.17, 15) is 24.3 Å². The van der Waals surface area contributed by atoms with E-state index >= 15 is 0 Å². The Labute approximate surface area is 137 Å². The van der Waals surface area contributed by atoms with Crippen molar-refractivity contribution in [2.75, 3.05) is 37.9 Å². The van der Waals surface area contributed by atoms with Crippen LogP contribution in [0.15, 0.2) is 0 Å². The Hall–Kier alpha value is -1.38. The second-order valence-electron chi connectivity index (χ2n) is 4.59. The van der Waals surface area contributed by atoms with Crippen molar-refractivity contribution in [2.24, 2.45) is 0 Å². The van der Waals surface area contributed by atoms with Crippen LogP contribution in [0.1, 0.15) is 6.42 Å². The predicted molar refractivity (Wildman–Crippen MR) is 78.5 cm³/mol. The summed E-state index contributed by atoms with van der Waals surface area (Å²) in [4.78, 5) is 47.1. The lowest BCUT2D eigenvalue weighted by Gasteiger charge is -2.31. The molecule has 0 aliphatic carbocycles. The fourth-order valence-corrected chi connectivity index (χ4v) is 2.54. The van der Waals surface area contributed by atoms with Gasteiger partial charge in [0.15, 0.2) is 0 Å². The predicted octanol–water partition coefficient (Wildman–Crippen LogP) is -0.606. The number of rotatable bonds is 6. The number of carboxylic acids is 1. The van der Waals surface area contributed by atoms with Crippen LogP contribution in [-0.4, -0.2) is 88.1 Å². The van der Waals surface area contributed by atoms with Crippen molar-refractivity contribution in [3.05, 3.63) is 0 Å². The van der Waals surface area contributed by atoms with Crippen LogP contribution in [0.3, 0.4) is 0 Å². The molecule has 1 heterocycles. The fourth-order valence-electron chi connectivity index (χ4n) is 2.27. The van der Waals surface area contributed by atoms with Gasteiger partial charge in [-0.2, -0.15) is 0 Å². The first kappa shape index (κ1) is 18.7. The van der Waals surface area contributed by atoms with Crippen molar-refractivity contribution < 1.29 is 24.3 Å². The van der Waals surface area contributed by atoms with Crippen LogP contribution in [0.4, 0.5) is 0 Å². The molecule has 0 aromatic heterocycles. The molecule has 1 fully saturated rings. The average molecular weight is 354 g/mol. The Morgan fingerprint density at radius 1 is 1.00 bits per heavy atom. The Balaban J connectivity index is 2.93. The Kier molecular flexibility index (Phi) is 7.57. The molecule has 22 heavy (non-hydrogen) atoms. The van der Waals surface area contributed by atoms with Gasteiger partial charge in [-0.15, -0.1) is 23.2 Å². The van der Waals surface area contributed by atoms with Gasteiger partial charge in [0.2, 0.25) is 0 Å². The Morgan fingerprint density at radius 3 is 1.77 bits per heavy atom. The summed E-state index contributed by atoms with van der Waals surface area (Å²) in [6, 6.07) is -0.989. The molecule has 0 bridgehead atoms. The van der Waals surface area contributed by atoms with Crippen LogP contribution in [-0.2, 0) is 19.2 Å². The third-order valence-electron chi connectivity index (χ3n) is 3.34. The zero-order chi connectivity index (χ0) is 16.7. The highest BCUT2D eigenvalue weighted by atomic mass is 35.5. The number of hydrogen-bond donors (Lipinski definition) is 1. The lowest BCUT2D eigenvalue weighted by atomic mass is 10.2. The zero-order valence-corrected chi connectivity index (χ0v) is 13.3. The second kappa shape index (κ2) is 8.92. The van der Waals surface area contributed by atoms with Crippen molar-refractivity contribution >= 4 is 47.3 Å². The molecule has 8 nitrogen and oxygen atoms in total. The normalized spacial score (nSPS) is 17.7. The molecule has 1 rings (SSSR count). The Morgan fingerprint density at radius 2 is 1.45 bits per heavy atom. The molecule has 0 aromatic rings. The fraction of sp³-hybridized carbons (Fsp3) is 0.667. The molecule has 0 aromatic carbocycles. The summed E-state index contributed by atoms with van der Waals surface area (Å²) < 4.78 is 0. The van der Waals surface area contributed by atoms with Crippen molar-refractivity contribution in [2.45, 2.75) is 12.5 Å². The van der Waals surface area contributed by atoms with E-state index in [0.717, 1.165) is 0 Å². The molecule has 1 saturated heterocycles. The van der Waals surface area contributed by atoms with E-state index < -0.39 is 23.8 Å². The van der Waals surface area contributed by atoms with E-state index in [-0.39, 0.29) is 44.4 Å². The van der Waals surface area contributed by atoms with Crippen LogP contribution in [0.5, 0.6) is 0 Å². The third kappa shape index (κ3) is 4.56. The lowest BCUT2D eigenvalue weighted by molar-refractivity contribution is -0.159. The monoisotopic (exact) mass is 353 g/mol. The minimum absolute atomic E-state index is 0.0941. The molecule has 1 unspecified atom stereocenters. The van der Waals surface area contributed by atoms with Gasteiger partial charge in [-0.3, -0.25) is 19.3 Å². The molecular formula is C12H17Cl2N3O5. The van der Waals surface area contributed by atoms with Gasteiger partial charge in [0.05, 0.1) is 13.1 Å². The number of carbonyl (C=O) groups is 4. The van der Waals surface area contributed by atoms with Crippen LogP contribution in [0.25, 0.3) is 0 Å². The van der Waals surface area contributed by atoms with Gasteiger partial charge >= 0.3 is 5.97 Å². The summed E-state index contributed by atoms with van der Waals surface area (Å²) in [5.41, 5.74) is 0. The van der Waals surface area contributed by atoms with E-state index in [1.54, 1.807) is 4.90 Å². The first-order valence-electron chi connectivity index (χ1n) is 6.59. The lowest BCUT2D eigenvalue weighted by Crippen LogP contribution is -2.51. The smallest absolute Gasteiger partial charge is 0.321 e. The molecular weight excluding hydrogens is 337 g/mol. The first-order chi connectivity index (χ1) is 10.5. The maximum absolute atomic E-state index is 11.9. The van der Waals surface area contributed by atoms with Crippen molar-refractivity contribution in [1.82, 2.24) is 14.9 Å². The highest BCUT2D eigenvalue weighted by Crippen LogP contribution is 2.12. The van der Waals surface area contributed by atoms with Crippen molar-refractivity contribution in [3.63, 3.8) is 0 Å². The number of aldehydes is 1. The van der Waals surface area contributed by atoms with Crippen molar-refractivity contribution in [3.8, 4) is 0 Å². The van der Waals surface area contributed by atoms with E-state index in [4.69, 9.17) is 23.2 Å². The van der Waals surface area contributed by atoms with Crippen LogP contribution in [0.2, 0.25) is 0 Å². The highest BCUT2D eigenvalue weighted by Gasteiger charge is 2.33. The summed E-state index contributed by atoms with van der Waals surface area (Å²) in [6.07, 6.45) is 0.370. The maximum atomic E-state index is 11.9. The third-order valence-corrected chi connectivity index (χ3v) is 3.80. The van der Waals surface area contributed by atoms with E-state index in [2.05, 4.69) is 0 Å². The molecule has 1 aliphatic rings. The molecule has 0 spiro atoms. The summed E-state index contributed by atoms with van der Waals surface area (Å²) >= 11 is 11.1. The van der Waals surface area contributed by atoms with E-state index in [1.807, 2.05) is 0 Å². The van der Waals surface area contributed by atoms with Gasteiger partial charge in [-0.25, -0.2) is 10.0 Å². The van der Waals surface area contributed by atoms with Crippen molar-refractivity contribution in [1.29, 1.82) is 0 Å². The van der Waals surface area contributed by atoms with Gasteiger partial charge in [-0.1, -0.05) is 0 Å². The molecule has 10 heteroatoms. The molecule has 124 valence electrons. The summed E-state index contributed by atoms with van der Waals surface area (Å²) in [5, 5.41) is 11.5. The van der Waals surface area contributed by atoms with Gasteiger partial charge in [0, 0.05) is 19.5 Å². The number of alkyl halides is 2. The summed E-state index contributed by atoms with van der Waals surface area (Å²) in [7, 11) is 0. The number of carboxylic acid groups (broad SMARTS) is 1. The van der Waals surface area contributed by atoms with Crippen LogP contribution >= 0.6 is 23.2 Å². The summed E-state index contributed by atoms with van der Waals surface area (Å²) in [6.45, 7) is 0.604. The number of amides is 2. The van der Waals surface area contributed by atoms with Gasteiger partial charge in [-0.05, 0) is 0 Å². The molecule has 1 N–H and O–H groups in total. The Bertz CT molecular complexity index is 422. The molecule has 0 saturated carbocycles. The highest BCUT2D eigenvalue weighted by molar-refractivity contribution is 6.28. The number of nitrogens with zero attached hydrogens (tertiary/aromatic N) is 3. The van der Waals surface area contributed by atoms with Gasteiger partial charge in [0.1, 0.15) is 24.1 Å². The van der Waals surface area contributed by atoms with Gasteiger partial charge < -0.3 is 9.90 Å². The molecule has 1 aliphatic heterocycles. The average Bonchev–Trinajstić information content (AvgIpc) is 2.73. The molecule has 1 atom stereocenters. The number of hydrogen-bond acceptors (Lipinski definition) is 5. The van der Waals surface area contributed by atoms with Crippen LogP contribution in [0, 0.1) is 0 Å². The quantitative estimate of drug-likeness (QED) is 0.505. The van der Waals surface area contributed by atoms with Gasteiger partial charge in [0.25, 0.3) is 11.8 Å². The minimum atomic E-state index is -1.13. The first-order valence-corrected chi connectivity index (χ1v) is 7.66. The molecule has 2 amide bonds. The van der Waals surface area contributed by atoms with E-state index in [0.29, 0.717) is 6.29 Å². The standard InChI is InChI=1S/C12H17Cl2N3O5/c13-7-10(19)16-4-2-15(9(1-6-18)12(21)22)3-5-17(16)11(20)8-14/h6,9H,1-5,7-8H2,(H,21,22). The number of carbonyl (C=O) groups excluding carboxylic acids is 3. The number of hydrazine groups is 1. The number of aliphatic carboxylic acids is 1. The topological polar surface area (TPSA) is 98.2 Å². The summed E-state index contributed by atoms with van der Waals surface area (Å²) in [5.74, 6) is -2.67. The second-order valence-corrected chi connectivity index (χ2v) is 5.13. The minimum Gasteiger partial charge on any atom is -0.480 e. The zero-order valence-electron chi connectivity index (χ0n) is 11.8. The maximum Gasteiger partial charge on any atom is 0.321 e. The van der Waals surface area contributed by atoms with E-state index in [1.165, 1.54) is 10.0 Å². The molecule has 0 radical (unpaired) electrons. The van der Waals surface area contributed by atoms with Crippen LogP contribution < -0.4 is 0 Å².